The van der Waals surface area contributed by atoms with E-state index in [9.17, 15) is 0 Å². The van der Waals surface area contributed by atoms with E-state index in [1.165, 1.54) is 15.0 Å². The first kappa shape index (κ1) is 18.6. The van der Waals surface area contributed by atoms with Crippen LogP contribution in [0.3, 0.4) is 0 Å². The molecule has 0 saturated carbocycles. The summed E-state index contributed by atoms with van der Waals surface area (Å²) in [5.41, 5.74) is 3.54. The molecule has 0 unspecified atom stereocenters. The molecule has 3 heterocycles. The van der Waals surface area contributed by atoms with Crippen molar-refractivity contribution in [3.8, 4) is 5.75 Å². The van der Waals surface area contributed by atoms with E-state index >= 15 is 0 Å². The second kappa shape index (κ2) is 7.80. The van der Waals surface area contributed by atoms with Gasteiger partial charge in [-0.2, -0.15) is 0 Å². The van der Waals surface area contributed by atoms with Crippen LogP contribution in [-0.2, 0) is 6.42 Å². The van der Waals surface area contributed by atoms with Gasteiger partial charge in [0, 0.05) is 26.2 Å². The summed E-state index contributed by atoms with van der Waals surface area (Å²) in [7, 11) is 0. The second-order valence-electron chi connectivity index (χ2n) is 7.19. The first-order valence-corrected chi connectivity index (χ1v) is 11.8. The van der Waals surface area contributed by atoms with Gasteiger partial charge in [-0.05, 0) is 49.2 Å². The van der Waals surface area contributed by atoms with Crippen molar-refractivity contribution in [1.29, 1.82) is 0 Å². The Morgan fingerprint density at radius 3 is 2.00 bits per heavy atom. The Morgan fingerprint density at radius 2 is 1.41 bits per heavy atom. The Morgan fingerprint density at radius 1 is 0.828 bits per heavy atom. The third-order valence-corrected chi connectivity index (χ3v) is 7.49. The Hall–Kier alpha value is -2.38. The van der Waals surface area contributed by atoms with Crippen molar-refractivity contribution in [2.24, 2.45) is 0 Å². The lowest BCUT2D eigenvalue weighted by Crippen LogP contribution is -2.46. The van der Waals surface area contributed by atoms with Crippen LogP contribution in [0, 0.1) is 0 Å². The van der Waals surface area contributed by atoms with Crippen LogP contribution in [-0.4, -0.2) is 42.8 Å². The van der Waals surface area contributed by atoms with Gasteiger partial charge in [0.05, 0.1) is 27.0 Å². The number of rotatable bonds is 5. The first-order chi connectivity index (χ1) is 14.2. The molecule has 150 valence electrons. The minimum atomic E-state index is 0.685. The standard InChI is InChI=1S/C22H24N4OS2/c1-3-15-5-7-17-19(13-15)28-21(23-17)25-9-11-26(12-10-25)22-24-18-8-6-16(27-4-2)14-20(18)29-22/h5-8,13-14H,3-4,9-12H2,1-2H3. The number of ether oxygens (including phenoxy) is 1. The molecule has 2 aromatic heterocycles. The summed E-state index contributed by atoms with van der Waals surface area (Å²) in [5, 5.41) is 2.24. The van der Waals surface area contributed by atoms with Gasteiger partial charge in [0.2, 0.25) is 0 Å². The largest absolute Gasteiger partial charge is 0.494 e. The van der Waals surface area contributed by atoms with E-state index in [0.29, 0.717) is 6.61 Å². The summed E-state index contributed by atoms with van der Waals surface area (Å²) in [6.45, 7) is 8.77. The number of anilines is 2. The highest BCUT2D eigenvalue weighted by Crippen LogP contribution is 2.34. The van der Waals surface area contributed by atoms with Gasteiger partial charge < -0.3 is 14.5 Å². The molecule has 0 bridgehead atoms. The van der Waals surface area contributed by atoms with Gasteiger partial charge in [0.15, 0.2) is 10.3 Å². The van der Waals surface area contributed by atoms with Crippen LogP contribution in [0.5, 0.6) is 5.75 Å². The van der Waals surface area contributed by atoms with Crippen LogP contribution in [0.1, 0.15) is 19.4 Å². The Labute approximate surface area is 178 Å². The molecule has 1 fully saturated rings. The van der Waals surface area contributed by atoms with Gasteiger partial charge in [-0.15, -0.1) is 0 Å². The van der Waals surface area contributed by atoms with E-state index in [1.807, 2.05) is 24.3 Å². The summed E-state index contributed by atoms with van der Waals surface area (Å²) < 4.78 is 8.10. The molecular weight excluding hydrogens is 400 g/mol. The molecule has 29 heavy (non-hydrogen) atoms. The summed E-state index contributed by atoms with van der Waals surface area (Å²) in [6, 6.07) is 12.8. The predicted molar refractivity (Wildman–Crippen MR) is 124 cm³/mol. The molecule has 1 aliphatic rings. The van der Waals surface area contributed by atoms with Gasteiger partial charge in [-0.25, -0.2) is 9.97 Å². The van der Waals surface area contributed by atoms with E-state index in [1.54, 1.807) is 11.3 Å². The maximum absolute atomic E-state index is 5.62. The van der Waals surface area contributed by atoms with Gasteiger partial charge in [-0.1, -0.05) is 35.7 Å². The van der Waals surface area contributed by atoms with Crippen molar-refractivity contribution >= 4 is 53.4 Å². The number of piperazine rings is 1. The molecule has 0 spiro atoms. The minimum absolute atomic E-state index is 0.685. The molecule has 0 amide bonds. The van der Waals surface area contributed by atoms with Gasteiger partial charge in [0.1, 0.15) is 5.75 Å². The maximum Gasteiger partial charge on any atom is 0.186 e. The maximum atomic E-state index is 5.62. The van der Waals surface area contributed by atoms with Crippen molar-refractivity contribution in [3.63, 3.8) is 0 Å². The highest BCUT2D eigenvalue weighted by molar-refractivity contribution is 7.22. The van der Waals surface area contributed by atoms with Gasteiger partial charge in [0.25, 0.3) is 0 Å². The first-order valence-electron chi connectivity index (χ1n) is 10.2. The normalized spacial score (nSPS) is 14.8. The number of hydrogen-bond acceptors (Lipinski definition) is 7. The number of aryl methyl sites for hydroxylation is 1. The predicted octanol–water partition coefficient (Wildman–Crippen LogP) is 5.19. The quantitative estimate of drug-likeness (QED) is 0.441. The zero-order valence-corrected chi connectivity index (χ0v) is 18.4. The lowest BCUT2D eigenvalue weighted by atomic mass is 10.2. The minimum Gasteiger partial charge on any atom is -0.494 e. The summed E-state index contributed by atoms with van der Waals surface area (Å²) in [5.74, 6) is 0.919. The molecule has 1 aliphatic heterocycles. The number of nitrogens with zero attached hydrogens (tertiary/aromatic N) is 4. The fourth-order valence-corrected chi connectivity index (χ4v) is 5.81. The smallest absolute Gasteiger partial charge is 0.186 e. The molecule has 0 aliphatic carbocycles. The molecule has 0 atom stereocenters. The number of aromatic nitrogens is 2. The molecule has 5 rings (SSSR count). The molecular formula is C22H24N4OS2. The lowest BCUT2D eigenvalue weighted by Gasteiger charge is -2.34. The van der Waals surface area contributed by atoms with E-state index < -0.39 is 0 Å². The van der Waals surface area contributed by atoms with Crippen molar-refractivity contribution in [1.82, 2.24) is 9.97 Å². The lowest BCUT2D eigenvalue weighted by molar-refractivity contribution is 0.341. The molecule has 4 aromatic rings. The highest BCUT2D eigenvalue weighted by atomic mass is 32.1. The van der Waals surface area contributed by atoms with Crippen molar-refractivity contribution < 1.29 is 4.74 Å². The zero-order chi connectivity index (χ0) is 19.8. The van der Waals surface area contributed by atoms with Crippen LogP contribution >= 0.6 is 22.7 Å². The SMILES string of the molecule is CCOc1ccc2nc(N3CCN(c4nc5ccc(CC)cc5s4)CC3)sc2c1. The van der Waals surface area contributed by atoms with Crippen LogP contribution in [0.25, 0.3) is 20.4 Å². The highest BCUT2D eigenvalue weighted by Gasteiger charge is 2.22. The fraction of sp³-hybridized carbons (Fsp3) is 0.364. The molecule has 0 radical (unpaired) electrons. The van der Waals surface area contributed by atoms with Gasteiger partial charge in [-0.3, -0.25) is 0 Å². The Bertz CT molecular complexity index is 1140. The van der Waals surface area contributed by atoms with Crippen LogP contribution in [0.2, 0.25) is 0 Å². The van der Waals surface area contributed by atoms with E-state index in [4.69, 9.17) is 14.7 Å². The van der Waals surface area contributed by atoms with E-state index in [-0.39, 0.29) is 0 Å². The summed E-state index contributed by atoms with van der Waals surface area (Å²) in [6.07, 6.45) is 1.07. The molecule has 5 nitrogen and oxygen atoms in total. The third-order valence-electron chi connectivity index (χ3n) is 5.33. The molecule has 0 N–H and O–H groups in total. The average Bonchev–Trinajstić information content (AvgIpc) is 3.37. The number of fused-ring (bicyclic) bond motifs is 2. The van der Waals surface area contributed by atoms with Gasteiger partial charge >= 0.3 is 0 Å². The zero-order valence-electron chi connectivity index (χ0n) is 16.7. The van der Waals surface area contributed by atoms with Crippen LogP contribution < -0.4 is 14.5 Å². The molecule has 2 aromatic carbocycles. The van der Waals surface area contributed by atoms with Crippen LogP contribution in [0.4, 0.5) is 10.3 Å². The number of benzene rings is 2. The van der Waals surface area contributed by atoms with E-state index in [2.05, 4.69) is 47.1 Å². The fourth-order valence-electron chi connectivity index (χ4n) is 3.69. The molecule has 1 saturated heterocycles. The summed E-state index contributed by atoms with van der Waals surface area (Å²) >= 11 is 3.56. The summed E-state index contributed by atoms with van der Waals surface area (Å²) in [4.78, 5) is 14.5. The second-order valence-corrected chi connectivity index (χ2v) is 9.20. The Kier molecular flexibility index (Phi) is 5.01. The average molecular weight is 425 g/mol. The topological polar surface area (TPSA) is 41.5 Å². The van der Waals surface area contributed by atoms with E-state index in [0.717, 1.165) is 59.6 Å². The van der Waals surface area contributed by atoms with Crippen LogP contribution in [0.15, 0.2) is 36.4 Å². The third kappa shape index (κ3) is 3.65. The van der Waals surface area contributed by atoms with Crippen molar-refractivity contribution in [3.05, 3.63) is 42.0 Å². The Balaban J connectivity index is 1.30. The monoisotopic (exact) mass is 424 g/mol. The number of hydrogen-bond donors (Lipinski definition) is 0. The van der Waals surface area contributed by atoms with Crippen molar-refractivity contribution in [2.45, 2.75) is 20.3 Å². The van der Waals surface area contributed by atoms with Crippen molar-refractivity contribution in [2.75, 3.05) is 42.6 Å². The number of thiazole rings is 2. The molecule has 7 heteroatoms.